The lowest BCUT2D eigenvalue weighted by Crippen LogP contribution is -2.47. The van der Waals surface area contributed by atoms with Gasteiger partial charge in [-0.05, 0) is 91.6 Å². The first-order valence-corrected chi connectivity index (χ1v) is 23.0. The molecular formula is C60H57N4O+. The average molecular weight is 850 g/mol. The molecule has 4 heterocycles. The number of benzene rings is 7. The topological polar surface area (TPSA) is 27.1 Å². The second-order valence-electron chi connectivity index (χ2n) is 21.2. The first kappa shape index (κ1) is 40.9. The van der Waals surface area contributed by atoms with Gasteiger partial charge in [-0.1, -0.05) is 153 Å². The van der Waals surface area contributed by atoms with Crippen LogP contribution in [0.5, 0.6) is 11.5 Å². The van der Waals surface area contributed by atoms with Crippen LogP contribution >= 0.6 is 0 Å². The first-order chi connectivity index (χ1) is 31.0. The van der Waals surface area contributed by atoms with Crippen LogP contribution in [0.1, 0.15) is 79.0 Å². The first-order valence-electron chi connectivity index (χ1n) is 23.0. The molecule has 2 aromatic heterocycles. The van der Waals surface area contributed by atoms with Gasteiger partial charge >= 0.3 is 0 Å². The van der Waals surface area contributed by atoms with Gasteiger partial charge in [0.05, 0.1) is 11.0 Å². The lowest BCUT2D eigenvalue weighted by atomic mass is 9.84. The molecule has 0 radical (unpaired) electrons. The number of ether oxygens (including phenoxy) is 1. The number of hydrogen-bond acceptors (Lipinski definition) is 2. The number of fused-ring (bicyclic) bond motifs is 7. The van der Waals surface area contributed by atoms with Crippen LogP contribution in [-0.2, 0) is 16.2 Å². The number of para-hydroxylation sites is 1. The molecule has 1 unspecified atom stereocenters. The van der Waals surface area contributed by atoms with Gasteiger partial charge in [0.15, 0.2) is 18.0 Å². The standard InChI is InChI=1S/C60H57N4O/c1-58(2,3)44-24-27-55-56(35-44)64(47-31-42(40-18-12-10-13-19-40)30-46(34-47)60(7,8)9)39-63(55,64)48-32-43(41-20-14-11-15-21-41)33-50(37-48)65-49-25-26-52-51-22-16-17-23-53(51)62(54(52)38-49)57-36-45(28-29-61-57)59(4,5)6/h10-39H,1-9H3/q+1/t63?,64-/m0/s1. The number of nitrogens with zero attached hydrogens (tertiary/aromatic N) is 4. The van der Waals surface area contributed by atoms with Crippen molar-refractivity contribution < 1.29 is 4.74 Å². The van der Waals surface area contributed by atoms with Crippen LogP contribution < -0.4 is 13.9 Å². The van der Waals surface area contributed by atoms with Crippen molar-refractivity contribution >= 4 is 44.6 Å². The summed E-state index contributed by atoms with van der Waals surface area (Å²) in [6, 6.07) is 62.2. The predicted octanol–water partition coefficient (Wildman–Crippen LogP) is 16.5. The summed E-state index contributed by atoms with van der Waals surface area (Å²) in [6.07, 6.45) is 1.93. The molecule has 2 aliphatic rings. The summed E-state index contributed by atoms with van der Waals surface area (Å²) in [5.74, 6) is 2.45. The van der Waals surface area contributed by atoms with Crippen molar-refractivity contribution in [3.05, 3.63) is 199 Å². The molecule has 0 N–H and O–H groups in total. The third-order valence-electron chi connectivity index (χ3n) is 13.8. The molecule has 11 rings (SSSR count). The van der Waals surface area contributed by atoms with Crippen LogP contribution in [0, 0.1) is 6.67 Å². The van der Waals surface area contributed by atoms with Crippen LogP contribution in [0.15, 0.2) is 176 Å². The van der Waals surface area contributed by atoms with Gasteiger partial charge in [0.25, 0.3) is 0 Å². The van der Waals surface area contributed by atoms with E-state index < -0.39 is 0 Å². The van der Waals surface area contributed by atoms with Gasteiger partial charge in [-0.2, -0.15) is 9.18 Å². The van der Waals surface area contributed by atoms with Crippen molar-refractivity contribution in [1.82, 2.24) is 18.7 Å². The van der Waals surface area contributed by atoms with Crippen molar-refractivity contribution in [2.75, 3.05) is 0 Å². The Morgan fingerprint density at radius 1 is 0.431 bits per heavy atom. The number of quaternary nitrogens is 2. The number of pyridine rings is 1. The Hall–Kier alpha value is -6.79. The summed E-state index contributed by atoms with van der Waals surface area (Å²) in [4.78, 5) is 4.94. The van der Waals surface area contributed by atoms with Gasteiger partial charge in [-0.25, -0.2) is 4.98 Å². The quantitative estimate of drug-likeness (QED) is 0.0907. The highest BCUT2D eigenvalue weighted by molar-refractivity contribution is 6.09. The Bertz CT molecular complexity index is 3330. The number of rotatable bonds is 7. The molecule has 322 valence electrons. The molecule has 0 aliphatic carbocycles. The van der Waals surface area contributed by atoms with Crippen molar-refractivity contribution in [2.45, 2.75) is 78.6 Å². The maximum Gasteiger partial charge on any atom is 0.225 e. The van der Waals surface area contributed by atoms with E-state index in [1.165, 1.54) is 50.3 Å². The zero-order chi connectivity index (χ0) is 45.1. The van der Waals surface area contributed by atoms with E-state index in [2.05, 4.69) is 243 Å². The molecule has 0 amide bonds. The van der Waals surface area contributed by atoms with Gasteiger partial charge in [0.2, 0.25) is 11.4 Å². The van der Waals surface area contributed by atoms with Gasteiger partial charge in [0, 0.05) is 59.4 Å². The van der Waals surface area contributed by atoms with Crippen LogP contribution in [0.3, 0.4) is 0 Å². The van der Waals surface area contributed by atoms with E-state index in [9.17, 15) is 0 Å². The van der Waals surface area contributed by atoms with Gasteiger partial charge in [0.1, 0.15) is 17.3 Å². The average Bonchev–Trinajstić information content (AvgIpc) is 3.79. The fraction of sp³-hybridized carbons (Fsp3) is 0.200. The normalized spacial score (nSPS) is 18.0. The molecule has 2 aliphatic heterocycles. The summed E-state index contributed by atoms with van der Waals surface area (Å²) in [6.45, 7) is 23.1. The highest BCUT2D eigenvalue weighted by Crippen LogP contribution is 2.76. The van der Waals surface area contributed by atoms with Crippen LogP contribution in [0.2, 0.25) is 0 Å². The Morgan fingerprint density at radius 3 is 1.69 bits per heavy atom. The van der Waals surface area contributed by atoms with Crippen LogP contribution in [0.25, 0.3) is 49.9 Å². The van der Waals surface area contributed by atoms with E-state index in [1.54, 1.807) is 0 Å². The van der Waals surface area contributed by atoms with Crippen LogP contribution in [-0.4, -0.2) is 9.55 Å². The maximum atomic E-state index is 7.10. The van der Waals surface area contributed by atoms with E-state index in [-0.39, 0.29) is 16.2 Å². The third-order valence-corrected chi connectivity index (χ3v) is 13.8. The summed E-state index contributed by atoms with van der Waals surface area (Å²) in [5.41, 5.74) is 15.7. The van der Waals surface area contributed by atoms with Crippen molar-refractivity contribution in [1.29, 1.82) is 0 Å². The Morgan fingerprint density at radius 2 is 1.02 bits per heavy atom. The smallest absolute Gasteiger partial charge is 0.225 e. The Labute approximate surface area is 384 Å². The zero-order valence-electron chi connectivity index (χ0n) is 39.0. The second-order valence-corrected chi connectivity index (χ2v) is 21.2. The van der Waals surface area contributed by atoms with E-state index in [0.29, 0.717) is 9.18 Å². The summed E-state index contributed by atoms with van der Waals surface area (Å²) in [7, 11) is 0. The third kappa shape index (κ3) is 6.55. The lowest BCUT2D eigenvalue weighted by molar-refractivity contribution is 0.421. The fourth-order valence-electron chi connectivity index (χ4n) is 10.0. The second kappa shape index (κ2) is 14.4. The maximum absolute atomic E-state index is 7.10. The number of hydrogen-bond donors (Lipinski definition) is 0. The molecular weight excluding hydrogens is 793 g/mol. The van der Waals surface area contributed by atoms with E-state index in [4.69, 9.17) is 9.72 Å². The SMILES string of the molecule is CC(C)(C)c1cc(-c2ccccc2)cc([N@+]23[CH-][N+]2(c2cc(Oc4ccc5c6ccccc6n(-c6cc(C(C)(C)C)ccn6)c5c4)cc(-c4ccccc4)c2)c2ccc(C(C)(C)C)cc23)c1. The minimum Gasteiger partial charge on any atom is -0.457 e. The monoisotopic (exact) mass is 849 g/mol. The molecule has 5 nitrogen and oxygen atoms in total. The van der Waals surface area contributed by atoms with Crippen LogP contribution in [0.4, 0.5) is 22.7 Å². The summed E-state index contributed by atoms with van der Waals surface area (Å²) >= 11 is 0. The zero-order valence-corrected chi connectivity index (χ0v) is 39.0. The molecule has 0 bridgehead atoms. The van der Waals surface area contributed by atoms with Gasteiger partial charge in [-0.3, -0.25) is 4.57 Å². The molecule has 1 fully saturated rings. The minimum absolute atomic E-state index is 0.00473. The molecule has 9 aromatic rings. The molecule has 1 saturated heterocycles. The molecule has 0 spiro atoms. The van der Waals surface area contributed by atoms with Crippen molar-refractivity contribution in [2.24, 2.45) is 0 Å². The largest absolute Gasteiger partial charge is 0.457 e. The van der Waals surface area contributed by atoms with E-state index >= 15 is 0 Å². The molecule has 5 heteroatoms. The highest BCUT2D eigenvalue weighted by atomic mass is 16.5. The van der Waals surface area contributed by atoms with Crippen molar-refractivity contribution in [3.63, 3.8) is 0 Å². The number of aromatic nitrogens is 2. The van der Waals surface area contributed by atoms with Gasteiger partial charge in [-0.15, -0.1) is 0 Å². The summed E-state index contributed by atoms with van der Waals surface area (Å²) < 4.78 is 10.5. The van der Waals surface area contributed by atoms with E-state index in [0.717, 1.165) is 50.6 Å². The molecule has 65 heavy (non-hydrogen) atoms. The fourth-order valence-corrected chi connectivity index (χ4v) is 10.0. The molecule has 2 atom stereocenters. The van der Waals surface area contributed by atoms with Crippen molar-refractivity contribution in [3.8, 4) is 39.6 Å². The van der Waals surface area contributed by atoms with Gasteiger partial charge < -0.3 is 4.74 Å². The lowest BCUT2D eigenvalue weighted by Gasteiger charge is -2.41. The summed E-state index contributed by atoms with van der Waals surface area (Å²) in [5, 5.41) is 2.34. The molecule has 0 saturated carbocycles. The predicted molar refractivity (Wildman–Crippen MR) is 272 cm³/mol. The Kier molecular flexibility index (Phi) is 9.04. The van der Waals surface area contributed by atoms with E-state index in [1.807, 2.05) is 6.20 Å². The Balaban J connectivity index is 1.09. The highest BCUT2D eigenvalue weighted by Gasteiger charge is 2.78. The minimum atomic E-state index is -0.0585. The molecule has 7 aromatic carbocycles.